The molecule has 6 nitrogen and oxygen atoms in total. The minimum absolute atomic E-state index is 0.0785. The summed E-state index contributed by atoms with van der Waals surface area (Å²) >= 11 is 10.4. The number of hydrogen-bond donors (Lipinski definition) is 1. The maximum Gasteiger partial charge on any atom is 0.230 e. The van der Waals surface area contributed by atoms with Crippen molar-refractivity contribution in [1.29, 1.82) is 0 Å². The fourth-order valence-electron chi connectivity index (χ4n) is 2.07. The van der Waals surface area contributed by atoms with Crippen molar-refractivity contribution in [2.24, 2.45) is 7.05 Å². The zero-order chi connectivity index (χ0) is 17.8. The number of aromatic nitrogens is 3. The van der Waals surface area contributed by atoms with Crippen LogP contribution in [0.5, 0.6) is 0 Å². The molecule has 25 heavy (non-hydrogen) atoms. The summed E-state index contributed by atoms with van der Waals surface area (Å²) in [6, 6.07) is 11.0. The van der Waals surface area contributed by atoms with Crippen molar-refractivity contribution in [2.75, 3.05) is 5.75 Å². The topological polar surface area (TPSA) is 73.0 Å². The number of rotatable bonds is 6. The molecule has 0 spiro atoms. The summed E-state index contributed by atoms with van der Waals surface area (Å²) in [7, 11) is 1.83. The molecule has 0 unspecified atom stereocenters. The summed E-state index contributed by atoms with van der Waals surface area (Å²) in [6.07, 6.45) is 0. The molecule has 0 radical (unpaired) electrons. The van der Waals surface area contributed by atoms with E-state index < -0.39 is 0 Å². The summed E-state index contributed by atoms with van der Waals surface area (Å²) in [5.74, 6) is 1.39. The minimum Gasteiger partial charge on any atom is -0.446 e. The zero-order valence-electron chi connectivity index (χ0n) is 13.2. The lowest BCUT2D eigenvalue weighted by molar-refractivity contribution is -0.118. The monoisotopic (exact) mass is 440 g/mol. The van der Waals surface area contributed by atoms with Crippen molar-refractivity contribution in [3.05, 3.63) is 51.7 Å². The summed E-state index contributed by atoms with van der Waals surface area (Å²) in [4.78, 5) is 12.0. The Morgan fingerprint density at radius 1 is 1.28 bits per heavy atom. The van der Waals surface area contributed by atoms with Crippen LogP contribution in [0.2, 0.25) is 5.02 Å². The third kappa shape index (κ3) is 4.65. The van der Waals surface area contributed by atoms with Gasteiger partial charge in [0.1, 0.15) is 0 Å². The molecule has 1 amide bonds. The van der Waals surface area contributed by atoms with Gasteiger partial charge in [0.25, 0.3) is 0 Å². The smallest absolute Gasteiger partial charge is 0.230 e. The first kappa shape index (κ1) is 18.0. The Balaban J connectivity index is 1.54. The second-order valence-electron chi connectivity index (χ2n) is 5.16. The number of halogens is 2. The van der Waals surface area contributed by atoms with E-state index in [9.17, 15) is 4.79 Å². The molecule has 9 heteroatoms. The van der Waals surface area contributed by atoms with Gasteiger partial charge >= 0.3 is 0 Å². The molecule has 0 saturated heterocycles. The van der Waals surface area contributed by atoms with Gasteiger partial charge in [-0.15, -0.1) is 10.2 Å². The number of carbonyl (C=O) groups is 1. The van der Waals surface area contributed by atoms with Crippen LogP contribution in [0.1, 0.15) is 5.56 Å². The molecule has 0 aliphatic rings. The summed E-state index contributed by atoms with van der Waals surface area (Å²) in [6.45, 7) is 0.459. The predicted molar refractivity (Wildman–Crippen MR) is 100 cm³/mol. The van der Waals surface area contributed by atoms with Crippen LogP contribution in [-0.2, 0) is 18.4 Å². The van der Waals surface area contributed by atoms with E-state index in [0.29, 0.717) is 33.0 Å². The average molecular weight is 442 g/mol. The largest absolute Gasteiger partial charge is 0.446 e. The van der Waals surface area contributed by atoms with E-state index in [1.807, 2.05) is 19.2 Å². The molecule has 3 rings (SSSR count). The van der Waals surface area contributed by atoms with E-state index in [2.05, 4.69) is 31.4 Å². The van der Waals surface area contributed by atoms with Crippen molar-refractivity contribution < 1.29 is 9.21 Å². The maximum absolute atomic E-state index is 12.0. The highest BCUT2D eigenvalue weighted by molar-refractivity contribution is 9.10. The number of benzene rings is 1. The van der Waals surface area contributed by atoms with Gasteiger partial charge in [0.2, 0.25) is 5.91 Å². The highest BCUT2D eigenvalue weighted by Gasteiger charge is 2.15. The van der Waals surface area contributed by atoms with Crippen molar-refractivity contribution in [3.8, 4) is 11.6 Å². The molecule has 0 aliphatic heterocycles. The van der Waals surface area contributed by atoms with Crippen LogP contribution in [0.4, 0.5) is 0 Å². The first-order chi connectivity index (χ1) is 12.0. The first-order valence-corrected chi connectivity index (χ1v) is 9.47. The number of furan rings is 1. The van der Waals surface area contributed by atoms with Gasteiger partial charge in [-0.2, -0.15) is 0 Å². The Morgan fingerprint density at radius 2 is 2.04 bits per heavy atom. The average Bonchev–Trinajstić information content (AvgIpc) is 3.18. The molecular formula is C16H14BrClN4O2S. The van der Waals surface area contributed by atoms with Crippen molar-refractivity contribution in [1.82, 2.24) is 20.1 Å². The molecule has 0 bridgehead atoms. The van der Waals surface area contributed by atoms with Crippen molar-refractivity contribution in [3.63, 3.8) is 0 Å². The van der Waals surface area contributed by atoms with Gasteiger partial charge in [-0.1, -0.05) is 35.5 Å². The Labute approximate surface area is 162 Å². The van der Waals surface area contributed by atoms with Gasteiger partial charge < -0.3 is 14.3 Å². The Kier molecular flexibility index (Phi) is 5.82. The van der Waals surface area contributed by atoms with Crippen LogP contribution in [0, 0.1) is 0 Å². The van der Waals surface area contributed by atoms with E-state index >= 15 is 0 Å². The fraction of sp³-hybridized carbons (Fsp3) is 0.188. The Hall–Kier alpha value is -1.77. The summed E-state index contributed by atoms with van der Waals surface area (Å²) in [5.41, 5.74) is 0.993. The highest BCUT2D eigenvalue weighted by atomic mass is 79.9. The van der Waals surface area contributed by atoms with Crippen LogP contribution in [0.15, 0.2) is 50.6 Å². The van der Waals surface area contributed by atoms with E-state index in [1.54, 1.807) is 28.8 Å². The molecule has 1 aromatic carbocycles. The standard InChI is InChI=1S/C16H14BrClN4O2S/c1-22-15(12-6-7-13(17)24-12)20-21-16(22)25-9-14(23)19-8-10-2-4-11(18)5-3-10/h2-7H,8-9H2,1H3,(H,19,23). The van der Waals surface area contributed by atoms with E-state index in [4.69, 9.17) is 16.0 Å². The van der Waals surface area contributed by atoms with Gasteiger partial charge in [-0.05, 0) is 45.8 Å². The van der Waals surface area contributed by atoms with Gasteiger partial charge in [-0.3, -0.25) is 4.79 Å². The van der Waals surface area contributed by atoms with Gasteiger partial charge in [-0.25, -0.2) is 0 Å². The lowest BCUT2D eigenvalue weighted by atomic mass is 10.2. The lowest BCUT2D eigenvalue weighted by Crippen LogP contribution is -2.24. The molecule has 1 N–H and O–H groups in total. The van der Waals surface area contributed by atoms with Crippen LogP contribution in [-0.4, -0.2) is 26.4 Å². The van der Waals surface area contributed by atoms with Crippen LogP contribution < -0.4 is 5.32 Å². The number of nitrogens with zero attached hydrogens (tertiary/aromatic N) is 3. The van der Waals surface area contributed by atoms with Crippen molar-refractivity contribution in [2.45, 2.75) is 11.7 Å². The van der Waals surface area contributed by atoms with Gasteiger partial charge in [0.05, 0.1) is 5.75 Å². The van der Waals surface area contributed by atoms with Gasteiger partial charge in [0, 0.05) is 18.6 Å². The molecular weight excluding hydrogens is 428 g/mol. The van der Waals surface area contributed by atoms with Crippen LogP contribution in [0.3, 0.4) is 0 Å². The Morgan fingerprint density at radius 3 is 2.72 bits per heavy atom. The van der Waals surface area contributed by atoms with Crippen molar-refractivity contribution >= 4 is 45.2 Å². The third-order valence-corrected chi connectivity index (χ3v) is 5.06. The van der Waals surface area contributed by atoms with E-state index in [-0.39, 0.29) is 11.7 Å². The normalized spacial score (nSPS) is 10.8. The summed E-state index contributed by atoms with van der Waals surface area (Å²) in [5, 5.41) is 12.4. The Bertz CT molecular complexity index is 879. The quantitative estimate of drug-likeness (QED) is 0.587. The molecule has 0 fully saturated rings. The molecule has 0 aliphatic carbocycles. The molecule has 0 saturated carbocycles. The van der Waals surface area contributed by atoms with Gasteiger partial charge in [0.15, 0.2) is 21.4 Å². The molecule has 0 atom stereocenters. The first-order valence-electron chi connectivity index (χ1n) is 7.32. The fourth-order valence-corrected chi connectivity index (χ4v) is 3.25. The molecule has 2 heterocycles. The number of carbonyl (C=O) groups excluding carboxylic acids is 1. The number of hydrogen-bond acceptors (Lipinski definition) is 5. The van der Waals surface area contributed by atoms with Crippen LogP contribution >= 0.6 is 39.3 Å². The SMILES string of the molecule is Cn1c(SCC(=O)NCc2ccc(Cl)cc2)nnc1-c1ccc(Br)o1. The third-order valence-electron chi connectivity index (χ3n) is 3.36. The number of thioether (sulfide) groups is 1. The lowest BCUT2D eigenvalue weighted by Gasteiger charge is -2.05. The van der Waals surface area contributed by atoms with E-state index in [0.717, 1.165) is 5.56 Å². The second kappa shape index (κ2) is 8.07. The second-order valence-corrected chi connectivity index (χ2v) is 7.32. The van der Waals surface area contributed by atoms with Crippen LogP contribution in [0.25, 0.3) is 11.6 Å². The summed E-state index contributed by atoms with van der Waals surface area (Å²) < 4.78 is 7.90. The molecule has 130 valence electrons. The number of amides is 1. The highest BCUT2D eigenvalue weighted by Crippen LogP contribution is 2.26. The van der Waals surface area contributed by atoms with E-state index in [1.165, 1.54) is 11.8 Å². The number of nitrogens with one attached hydrogen (secondary N) is 1. The minimum atomic E-state index is -0.0785. The maximum atomic E-state index is 12.0. The molecule has 3 aromatic rings. The molecule has 2 aromatic heterocycles. The zero-order valence-corrected chi connectivity index (χ0v) is 16.4. The predicted octanol–water partition coefficient (Wildman–Crippen LogP) is 3.90.